The van der Waals surface area contributed by atoms with E-state index in [1.807, 2.05) is 0 Å². The lowest BCUT2D eigenvalue weighted by Crippen LogP contribution is -2.51. The number of hydrogen-bond acceptors (Lipinski definition) is 4. The molecule has 1 aliphatic rings. The molecule has 0 aliphatic carbocycles. The highest BCUT2D eigenvalue weighted by Crippen LogP contribution is 2.16. The standard InChI is InChI=1S/C15H22BrN3O3/c1-2-3-6-17-14(20)11-18-7-9-19(10-8-18)15(21)12-4-5-13(16)22-12/h4-5H,2-3,6-11H2,1H3,(H,17,20). The minimum atomic E-state index is -0.0993. The van der Waals surface area contributed by atoms with Crippen molar-refractivity contribution in [2.45, 2.75) is 19.8 Å². The van der Waals surface area contributed by atoms with E-state index < -0.39 is 0 Å². The molecule has 1 aromatic heterocycles. The highest BCUT2D eigenvalue weighted by Gasteiger charge is 2.24. The smallest absolute Gasteiger partial charge is 0.289 e. The van der Waals surface area contributed by atoms with Crippen molar-refractivity contribution in [2.75, 3.05) is 39.3 Å². The van der Waals surface area contributed by atoms with Crippen LogP contribution in [0.2, 0.25) is 0 Å². The molecule has 1 aromatic rings. The maximum absolute atomic E-state index is 12.2. The number of unbranched alkanes of at least 4 members (excludes halogenated alkanes) is 1. The molecule has 2 rings (SSSR count). The summed E-state index contributed by atoms with van der Waals surface area (Å²) in [6, 6.07) is 3.38. The Morgan fingerprint density at radius 1 is 1.27 bits per heavy atom. The van der Waals surface area contributed by atoms with Crippen LogP contribution in [-0.4, -0.2) is 60.9 Å². The molecule has 1 aliphatic heterocycles. The molecular weight excluding hydrogens is 350 g/mol. The Morgan fingerprint density at radius 3 is 2.59 bits per heavy atom. The molecule has 0 aromatic carbocycles. The molecule has 0 saturated carbocycles. The first kappa shape index (κ1) is 17.0. The number of furan rings is 1. The van der Waals surface area contributed by atoms with Crippen molar-refractivity contribution >= 4 is 27.7 Å². The van der Waals surface area contributed by atoms with Crippen LogP contribution < -0.4 is 5.32 Å². The van der Waals surface area contributed by atoms with Crippen LogP contribution in [0.15, 0.2) is 21.2 Å². The second-order valence-electron chi connectivity index (χ2n) is 5.38. The highest BCUT2D eigenvalue weighted by molar-refractivity contribution is 9.10. The molecule has 0 atom stereocenters. The largest absolute Gasteiger partial charge is 0.444 e. The number of amides is 2. The molecule has 0 unspecified atom stereocenters. The Labute approximate surface area is 138 Å². The van der Waals surface area contributed by atoms with Crippen LogP contribution >= 0.6 is 15.9 Å². The zero-order chi connectivity index (χ0) is 15.9. The predicted molar refractivity (Wildman–Crippen MR) is 86.7 cm³/mol. The molecule has 22 heavy (non-hydrogen) atoms. The summed E-state index contributed by atoms with van der Waals surface area (Å²) < 4.78 is 5.85. The second kappa shape index (κ2) is 8.33. The van der Waals surface area contributed by atoms with Crippen LogP contribution in [0.3, 0.4) is 0 Å². The Morgan fingerprint density at radius 2 is 2.00 bits per heavy atom. The fraction of sp³-hybridized carbons (Fsp3) is 0.600. The zero-order valence-corrected chi connectivity index (χ0v) is 14.4. The van der Waals surface area contributed by atoms with Gasteiger partial charge in [0.05, 0.1) is 6.54 Å². The SMILES string of the molecule is CCCCNC(=O)CN1CCN(C(=O)c2ccc(Br)o2)CC1. The normalized spacial score (nSPS) is 15.8. The van der Waals surface area contributed by atoms with E-state index in [1.54, 1.807) is 17.0 Å². The maximum atomic E-state index is 12.2. The van der Waals surface area contributed by atoms with E-state index in [0.29, 0.717) is 43.2 Å². The molecule has 1 fully saturated rings. The summed E-state index contributed by atoms with van der Waals surface area (Å²) in [6.45, 7) is 5.86. The van der Waals surface area contributed by atoms with Gasteiger partial charge in [-0.2, -0.15) is 0 Å². The van der Waals surface area contributed by atoms with Gasteiger partial charge in [-0.15, -0.1) is 0 Å². The van der Waals surface area contributed by atoms with Crippen molar-refractivity contribution in [3.63, 3.8) is 0 Å². The van der Waals surface area contributed by atoms with Crippen molar-refractivity contribution in [1.29, 1.82) is 0 Å². The molecule has 6 nitrogen and oxygen atoms in total. The predicted octanol–water partition coefficient (Wildman–Crippen LogP) is 1.72. The van der Waals surface area contributed by atoms with Gasteiger partial charge in [0.15, 0.2) is 10.4 Å². The van der Waals surface area contributed by atoms with Crippen LogP contribution in [-0.2, 0) is 4.79 Å². The zero-order valence-electron chi connectivity index (χ0n) is 12.8. The van der Waals surface area contributed by atoms with Gasteiger partial charge in [0, 0.05) is 32.7 Å². The van der Waals surface area contributed by atoms with E-state index in [1.165, 1.54) is 0 Å². The second-order valence-corrected chi connectivity index (χ2v) is 6.16. The number of nitrogens with one attached hydrogen (secondary N) is 1. The summed E-state index contributed by atoms with van der Waals surface area (Å²) in [6.07, 6.45) is 2.08. The van der Waals surface area contributed by atoms with Gasteiger partial charge in [-0.05, 0) is 34.5 Å². The molecule has 2 amide bonds. The van der Waals surface area contributed by atoms with Crippen LogP contribution in [0.5, 0.6) is 0 Å². The Bertz CT molecular complexity index is 510. The number of hydrogen-bond donors (Lipinski definition) is 1. The molecule has 0 spiro atoms. The maximum Gasteiger partial charge on any atom is 0.289 e. The molecule has 0 radical (unpaired) electrons. The Hall–Kier alpha value is -1.34. The average molecular weight is 372 g/mol. The fourth-order valence-corrected chi connectivity index (χ4v) is 2.66. The quantitative estimate of drug-likeness (QED) is 0.773. The van der Waals surface area contributed by atoms with Crippen LogP contribution in [0.4, 0.5) is 0 Å². The first-order chi connectivity index (χ1) is 10.6. The van der Waals surface area contributed by atoms with Crippen molar-refractivity contribution < 1.29 is 14.0 Å². The number of carbonyl (C=O) groups is 2. The van der Waals surface area contributed by atoms with E-state index >= 15 is 0 Å². The summed E-state index contributed by atoms with van der Waals surface area (Å²) in [5.74, 6) is 0.304. The van der Waals surface area contributed by atoms with Gasteiger partial charge < -0.3 is 14.6 Å². The van der Waals surface area contributed by atoms with Gasteiger partial charge >= 0.3 is 0 Å². The first-order valence-corrected chi connectivity index (χ1v) is 8.43. The van der Waals surface area contributed by atoms with E-state index in [0.717, 1.165) is 19.4 Å². The molecule has 7 heteroatoms. The fourth-order valence-electron chi connectivity index (χ4n) is 2.36. The monoisotopic (exact) mass is 371 g/mol. The van der Waals surface area contributed by atoms with E-state index in [-0.39, 0.29) is 11.8 Å². The topological polar surface area (TPSA) is 65.8 Å². The van der Waals surface area contributed by atoms with Gasteiger partial charge in [0.25, 0.3) is 5.91 Å². The van der Waals surface area contributed by atoms with Crippen molar-refractivity contribution in [2.24, 2.45) is 0 Å². The number of halogens is 1. The minimum absolute atomic E-state index is 0.0585. The van der Waals surface area contributed by atoms with Crippen LogP contribution in [0, 0.1) is 0 Å². The number of rotatable bonds is 6. The molecule has 2 heterocycles. The van der Waals surface area contributed by atoms with Gasteiger partial charge in [-0.1, -0.05) is 13.3 Å². The van der Waals surface area contributed by atoms with Gasteiger partial charge in [0.1, 0.15) is 0 Å². The minimum Gasteiger partial charge on any atom is -0.444 e. The van der Waals surface area contributed by atoms with Gasteiger partial charge in [-0.3, -0.25) is 14.5 Å². The summed E-state index contributed by atoms with van der Waals surface area (Å²) in [7, 11) is 0. The van der Waals surface area contributed by atoms with E-state index in [4.69, 9.17) is 4.42 Å². The van der Waals surface area contributed by atoms with E-state index in [9.17, 15) is 9.59 Å². The number of carbonyl (C=O) groups excluding carboxylic acids is 2. The van der Waals surface area contributed by atoms with Gasteiger partial charge in [0.2, 0.25) is 5.91 Å². The van der Waals surface area contributed by atoms with Crippen molar-refractivity contribution in [1.82, 2.24) is 15.1 Å². The van der Waals surface area contributed by atoms with Crippen LogP contribution in [0.1, 0.15) is 30.3 Å². The Kier molecular flexibility index (Phi) is 6.45. The van der Waals surface area contributed by atoms with Crippen molar-refractivity contribution in [3.05, 3.63) is 22.6 Å². The lowest BCUT2D eigenvalue weighted by Gasteiger charge is -2.33. The summed E-state index contributed by atoms with van der Waals surface area (Å²) in [5, 5.41) is 2.91. The van der Waals surface area contributed by atoms with Crippen molar-refractivity contribution in [3.8, 4) is 0 Å². The molecule has 0 bridgehead atoms. The molecule has 122 valence electrons. The summed E-state index contributed by atoms with van der Waals surface area (Å²) in [5.41, 5.74) is 0. The van der Waals surface area contributed by atoms with Crippen LogP contribution in [0.25, 0.3) is 0 Å². The third kappa shape index (κ3) is 4.84. The lowest BCUT2D eigenvalue weighted by molar-refractivity contribution is -0.122. The molecule has 1 saturated heterocycles. The molecule has 1 N–H and O–H groups in total. The van der Waals surface area contributed by atoms with Gasteiger partial charge in [-0.25, -0.2) is 0 Å². The Balaban J connectivity index is 1.73. The average Bonchev–Trinajstić information content (AvgIpc) is 2.94. The first-order valence-electron chi connectivity index (χ1n) is 7.64. The molecular formula is C15H22BrN3O3. The number of nitrogens with zero attached hydrogens (tertiary/aromatic N) is 2. The lowest BCUT2D eigenvalue weighted by atomic mass is 10.2. The third-order valence-electron chi connectivity index (χ3n) is 3.66. The highest BCUT2D eigenvalue weighted by atomic mass is 79.9. The summed E-state index contributed by atoms with van der Waals surface area (Å²) >= 11 is 3.20. The number of piperazine rings is 1. The third-order valence-corrected chi connectivity index (χ3v) is 4.09. The van der Waals surface area contributed by atoms with E-state index in [2.05, 4.69) is 33.1 Å². The summed E-state index contributed by atoms with van der Waals surface area (Å²) in [4.78, 5) is 27.8.